The third kappa shape index (κ3) is 5.09. The van der Waals surface area contributed by atoms with Crippen LogP contribution in [0.5, 0.6) is 11.5 Å². The Balaban J connectivity index is 1.72. The maximum atomic E-state index is 12.7. The summed E-state index contributed by atoms with van der Waals surface area (Å²) in [4.78, 5) is 26.8. The minimum atomic E-state index is -0.365. The van der Waals surface area contributed by atoms with Crippen LogP contribution in [0, 0.1) is 0 Å². The summed E-state index contributed by atoms with van der Waals surface area (Å²) >= 11 is 12.3. The Morgan fingerprint density at radius 1 is 1.21 bits per heavy atom. The highest BCUT2D eigenvalue weighted by Crippen LogP contribution is 2.34. The van der Waals surface area contributed by atoms with E-state index in [0.29, 0.717) is 31.4 Å². The molecule has 2 aromatic rings. The molecule has 9 heteroatoms. The van der Waals surface area contributed by atoms with E-state index >= 15 is 0 Å². The number of hydrogen-bond donors (Lipinski definition) is 1. The second-order valence-corrected chi connectivity index (χ2v) is 8.05. The van der Waals surface area contributed by atoms with Crippen molar-refractivity contribution in [2.75, 3.05) is 26.1 Å². The third-order valence-corrected chi connectivity index (χ3v) is 5.60. The highest BCUT2D eigenvalue weighted by atomic mass is 35.5. The molecular formula is C20H17ClN2O4S2. The third-order valence-electron chi connectivity index (χ3n) is 3.99. The molecule has 0 spiro atoms. The number of thiocarbonyl (C=S) groups is 1. The van der Waals surface area contributed by atoms with Gasteiger partial charge in [-0.1, -0.05) is 47.7 Å². The number of amides is 2. The van der Waals surface area contributed by atoms with E-state index in [1.54, 1.807) is 62.8 Å². The summed E-state index contributed by atoms with van der Waals surface area (Å²) in [6.07, 6.45) is 1.70. The quantitative estimate of drug-likeness (QED) is 0.527. The molecule has 2 amide bonds. The monoisotopic (exact) mass is 448 g/mol. The van der Waals surface area contributed by atoms with Gasteiger partial charge >= 0.3 is 0 Å². The molecule has 29 heavy (non-hydrogen) atoms. The van der Waals surface area contributed by atoms with Gasteiger partial charge in [0.05, 0.1) is 19.1 Å². The van der Waals surface area contributed by atoms with Crippen LogP contribution >= 0.6 is 35.6 Å². The topological polar surface area (TPSA) is 67.9 Å². The highest BCUT2D eigenvalue weighted by molar-refractivity contribution is 8.26. The van der Waals surface area contributed by atoms with Gasteiger partial charge in [-0.3, -0.25) is 14.5 Å². The maximum absolute atomic E-state index is 12.7. The van der Waals surface area contributed by atoms with Gasteiger partial charge in [0.1, 0.15) is 10.9 Å². The summed E-state index contributed by atoms with van der Waals surface area (Å²) in [7, 11) is 3.09. The van der Waals surface area contributed by atoms with E-state index in [9.17, 15) is 9.59 Å². The first-order chi connectivity index (χ1) is 13.9. The molecule has 1 fully saturated rings. The van der Waals surface area contributed by atoms with Gasteiger partial charge in [0.2, 0.25) is 5.91 Å². The molecule has 0 radical (unpaired) electrons. The number of ether oxygens (including phenoxy) is 2. The van der Waals surface area contributed by atoms with Crippen LogP contribution in [-0.2, 0) is 9.59 Å². The zero-order valence-electron chi connectivity index (χ0n) is 15.6. The van der Waals surface area contributed by atoms with Crippen molar-refractivity contribution in [2.45, 2.75) is 0 Å². The maximum Gasteiger partial charge on any atom is 0.266 e. The molecule has 1 heterocycles. The number of anilines is 1. The Bertz CT molecular complexity index is 1010. The lowest BCUT2D eigenvalue weighted by Crippen LogP contribution is -2.36. The molecule has 1 saturated heterocycles. The molecule has 0 unspecified atom stereocenters. The fourth-order valence-electron chi connectivity index (χ4n) is 2.64. The predicted octanol–water partition coefficient (Wildman–Crippen LogP) is 4.20. The number of carbonyl (C=O) groups is 2. The molecule has 1 aliphatic rings. The average molecular weight is 449 g/mol. The average Bonchev–Trinajstić information content (AvgIpc) is 2.95. The number of carbonyl (C=O) groups excluding carboxylic acids is 2. The first-order valence-corrected chi connectivity index (χ1v) is 10.0. The van der Waals surface area contributed by atoms with Crippen LogP contribution in [0.15, 0.2) is 47.4 Å². The summed E-state index contributed by atoms with van der Waals surface area (Å²) in [5, 5.41) is 3.21. The number of thioether (sulfide) groups is 1. The number of methoxy groups -OCH3 is 2. The second kappa shape index (κ2) is 9.30. The first-order valence-electron chi connectivity index (χ1n) is 8.44. The van der Waals surface area contributed by atoms with E-state index in [1.165, 1.54) is 4.90 Å². The molecule has 0 saturated carbocycles. The fraction of sp³-hybridized carbons (Fsp3) is 0.150. The van der Waals surface area contributed by atoms with Crippen LogP contribution in [-0.4, -0.2) is 41.8 Å². The number of nitrogens with one attached hydrogen (secondary N) is 1. The Labute approximate surface area is 182 Å². The molecule has 0 aromatic heterocycles. The molecule has 0 atom stereocenters. The fourth-order valence-corrected chi connectivity index (χ4v) is 4.09. The minimum absolute atomic E-state index is 0.180. The van der Waals surface area contributed by atoms with Crippen molar-refractivity contribution in [3.63, 3.8) is 0 Å². The van der Waals surface area contributed by atoms with Crippen LogP contribution in [0.25, 0.3) is 6.08 Å². The van der Waals surface area contributed by atoms with E-state index in [0.717, 1.165) is 17.3 Å². The van der Waals surface area contributed by atoms with Gasteiger partial charge in [-0.25, -0.2) is 0 Å². The van der Waals surface area contributed by atoms with Crippen molar-refractivity contribution in [2.24, 2.45) is 0 Å². The van der Waals surface area contributed by atoms with E-state index in [2.05, 4.69) is 5.32 Å². The SMILES string of the molecule is COc1ccc(C=C2SC(=S)N(CC(=O)Nc3cccc(Cl)c3)C2=O)cc1OC. The first kappa shape index (κ1) is 21.2. The van der Waals surface area contributed by atoms with Crippen molar-refractivity contribution >= 4 is 63.5 Å². The van der Waals surface area contributed by atoms with Crippen molar-refractivity contribution < 1.29 is 19.1 Å². The van der Waals surface area contributed by atoms with Crippen molar-refractivity contribution in [1.82, 2.24) is 4.90 Å². The van der Waals surface area contributed by atoms with Gasteiger partial charge in [0, 0.05) is 10.7 Å². The van der Waals surface area contributed by atoms with Crippen LogP contribution in [0.3, 0.4) is 0 Å². The van der Waals surface area contributed by atoms with E-state index in [4.69, 9.17) is 33.3 Å². The molecule has 1 N–H and O–H groups in total. The van der Waals surface area contributed by atoms with E-state index < -0.39 is 0 Å². The zero-order chi connectivity index (χ0) is 21.0. The van der Waals surface area contributed by atoms with Gasteiger partial charge in [-0.15, -0.1) is 0 Å². The van der Waals surface area contributed by atoms with Crippen LogP contribution < -0.4 is 14.8 Å². The highest BCUT2D eigenvalue weighted by Gasteiger charge is 2.33. The summed E-state index contributed by atoms with van der Waals surface area (Å²) < 4.78 is 10.8. The van der Waals surface area contributed by atoms with Gasteiger partial charge < -0.3 is 14.8 Å². The minimum Gasteiger partial charge on any atom is -0.493 e. The molecule has 2 aromatic carbocycles. The lowest BCUT2D eigenvalue weighted by atomic mass is 10.2. The molecule has 3 rings (SSSR count). The van der Waals surface area contributed by atoms with E-state index in [-0.39, 0.29) is 18.4 Å². The van der Waals surface area contributed by atoms with Crippen LogP contribution in [0.1, 0.15) is 5.56 Å². The Morgan fingerprint density at radius 3 is 2.66 bits per heavy atom. The van der Waals surface area contributed by atoms with Gasteiger partial charge in [-0.05, 0) is 42.0 Å². The number of nitrogens with zero attached hydrogens (tertiary/aromatic N) is 1. The zero-order valence-corrected chi connectivity index (χ0v) is 18.0. The molecule has 0 bridgehead atoms. The Morgan fingerprint density at radius 2 is 1.97 bits per heavy atom. The predicted molar refractivity (Wildman–Crippen MR) is 120 cm³/mol. The largest absolute Gasteiger partial charge is 0.493 e. The summed E-state index contributed by atoms with van der Waals surface area (Å²) in [5.74, 6) is 0.458. The Kier molecular flexibility index (Phi) is 6.79. The number of hydrogen-bond acceptors (Lipinski definition) is 6. The van der Waals surface area contributed by atoms with E-state index in [1.807, 2.05) is 0 Å². The number of benzene rings is 2. The standard InChI is InChI=1S/C20H17ClN2O4S2/c1-26-15-7-6-12(8-16(15)27-2)9-17-19(25)23(20(28)29-17)11-18(24)22-14-5-3-4-13(21)10-14/h3-10H,11H2,1-2H3,(H,22,24). The van der Waals surface area contributed by atoms with Gasteiger partial charge in [-0.2, -0.15) is 0 Å². The van der Waals surface area contributed by atoms with Gasteiger partial charge in [0.25, 0.3) is 5.91 Å². The second-order valence-electron chi connectivity index (χ2n) is 5.94. The number of halogens is 1. The summed E-state index contributed by atoms with van der Waals surface area (Å²) in [6, 6.07) is 12.1. The van der Waals surface area contributed by atoms with Crippen LogP contribution in [0.2, 0.25) is 5.02 Å². The molecule has 1 aliphatic heterocycles. The molecule has 0 aliphatic carbocycles. The molecular weight excluding hydrogens is 432 g/mol. The number of rotatable bonds is 6. The van der Waals surface area contributed by atoms with Crippen LogP contribution in [0.4, 0.5) is 5.69 Å². The Hall–Kier alpha value is -2.55. The summed E-state index contributed by atoms with van der Waals surface area (Å²) in [6.45, 7) is -0.180. The van der Waals surface area contributed by atoms with Crippen molar-refractivity contribution in [1.29, 1.82) is 0 Å². The van der Waals surface area contributed by atoms with Crippen molar-refractivity contribution in [3.05, 3.63) is 58.0 Å². The van der Waals surface area contributed by atoms with Crippen molar-refractivity contribution in [3.8, 4) is 11.5 Å². The lowest BCUT2D eigenvalue weighted by molar-refractivity contribution is -0.126. The normalized spacial score (nSPS) is 15.0. The molecule has 150 valence electrons. The smallest absolute Gasteiger partial charge is 0.266 e. The summed E-state index contributed by atoms with van der Waals surface area (Å²) in [5.41, 5.74) is 1.31. The van der Waals surface area contributed by atoms with Gasteiger partial charge in [0.15, 0.2) is 11.5 Å². The lowest BCUT2D eigenvalue weighted by Gasteiger charge is -2.14. The molecule has 6 nitrogen and oxygen atoms in total.